The van der Waals surface area contributed by atoms with Gasteiger partial charge < -0.3 is 19.5 Å². The molecule has 0 saturated carbocycles. The Bertz CT molecular complexity index is 967. The number of methoxy groups -OCH3 is 1. The van der Waals surface area contributed by atoms with Crippen LogP contribution in [0.3, 0.4) is 0 Å². The summed E-state index contributed by atoms with van der Waals surface area (Å²) in [6.07, 6.45) is 0. The number of nitrogens with one attached hydrogen (secondary N) is 1. The molecule has 0 aliphatic heterocycles. The second-order valence-corrected chi connectivity index (χ2v) is 7.00. The van der Waals surface area contributed by atoms with Crippen molar-refractivity contribution in [3.63, 3.8) is 0 Å². The molecule has 1 heterocycles. The van der Waals surface area contributed by atoms with Crippen LogP contribution in [0.15, 0.2) is 60.7 Å². The van der Waals surface area contributed by atoms with Crippen LogP contribution in [0.2, 0.25) is 0 Å². The molecule has 150 valence electrons. The number of ether oxygens (including phenoxy) is 3. The number of amides is 1. The SMILES string of the molecule is CCOc1ccc(OCC(=O)Nc2sc(-c3ccccc3)cc2C(=O)OC)cc1. The van der Waals surface area contributed by atoms with E-state index in [0.717, 1.165) is 16.2 Å². The van der Waals surface area contributed by atoms with Gasteiger partial charge in [-0.05, 0) is 42.8 Å². The van der Waals surface area contributed by atoms with Crippen molar-refractivity contribution in [2.75, 3.05) is 25.6 Å². The lowest BCUT2D eigenvalue weighted by Crippen LogP contribution is -2.20. The number of benzene rings is 2. The predicted molar refractivity (Wildman–Crippen MR) is 113 cm³/mol. The first-order chi connectivity index (χ1) is 14.1. The number of carbonyl (C=O) groups excluding carboxylic acids is 2. The Balaban J connectivity index is 1.68. The molecule has 3 rings (SSSR count). The molecule has 1 aromatic heterocycles. The molecule has 0 fully saturated rings. The van der Waals surface area contributed by atoms with Crippen LogP contribution in [0.4, 0.5) is 5.00 Å². The number of rotatable bonds is 8. The van der Waals surface area contributed by atoms with Crippen molar-refractivity contribution in [3.8, 4) is 21.9 Å². The van der Waals surface area contributed by atoms with Crippen molar-refractivity contribution in [1.29, 1.82) is 0 Å². The van der Waals surface area contributed by atoms with Gasteiger partial charge in [0.1, 0.15) is 16.5 Å². The highest BCUT2D eigenvalue weighted by Crippen LogP contribution is 2.35. The summed E-state index contributed by atoms with van der Waals surface area (Å²) < 4.78 is 15.7. The van der Waals surface area contributed by atoms with E-state index in [0.29, 0.717) is 22.9 Å². The fourth-order valence-corrected chi connectivity index (χ4v) is 3.67. The van der Waals surface area contributed by atoms with Crippen molar-refractivity contribution in [2.24, 2.45) is 0 Å². The average molecular weight is 411 g/mol. The van der Waals surface area contributed by atoms with Crippen LogP contribution in [0, 0.1) is 0 Å². The maximum absolute atomic E-state index is 12.4. The average Bonchev–Trinajstić information content (AvgIpc) is 3.17. The Morgan fingerprint density at radius 1 is 0.966 bits per heavy atom. The number of hydrogen-bond acceptors (Lipinski definition) is 6. The lowest BCUT2D eigenvalue weighted by atomic mass is 10.1. The number of carbonyl (C=O) groups is 2. The molecule has 0 aliphatic rings. The third-order valence-corrected chi connectivity index (χ3v) is 5.05. The Labute approximate surface area is 173 Å². The van der Waals surface area contributed by atoms with Gasteiger partial charge in [0.05, 0.1) is 19.3 Å². The maximum atomic E-state index is 12.4. The third-order valence-electron chi connectivity index (χ3n) is 3.95. The lowest BCUT2D eigenvalue weighted by Gasteiger charge is -2.08. The fraction of sp³-hybridized carbons (Fsp3) is 0.182. The highest BCUT2D eigenvalue weighted by molar-refractivity contribution is 7.20. The molecule has 0 saturated heterocycles. The van der Waals surface area contributed by atoms with E-state index in [1.54, 1.807) is 30.3 Å². The maximum Gasteiger partial charge on any atom is 0.340 e. The van der Waals surface area contributed by atoms with Crippen LogP contribution in [0.5, 0.6) is 11.5 Å². The van der Waals surface area contributed by atoms with Crippen molar-refractivity contribution >= 4 is 28.2 Å². The van der Waals surface area contributed by atoms with E-state index in [1.807, 2.05) is 37.3 Å². The van der Waals surface area contributed by atoms with E-state index in [2.05, 4.69) is 5.32 Å². The Morgan fingerprint density at radius 2 is 1.62 bits per heavy atom. The summed E-state index contributed by atoms with van der Waals surface area (Å²) in [7, 11) is 1.31. The lowest BCUT2D eigenvalue weighted by molar-refractivity contribution is -0.118. The minimum absolute atomic E-state index is 0.187. The van der Waals surface area contributed by atoms with Crippen molar-refractivity contribution < 1.29 is 23.8 Å². The molecule has 0 aliphatic carbocycles. The Morgan fingerprint density at radius 3 is 2.24 bits per heavy atom. The zero-order valence-corrected chi connectivity index (χ0v) is 17.0. The minimum Gasteiger partial charge on any atom is -0.494 e. The van der Waals surface area contributed by atoms with Gasteiger partial charge in [0, 0.05) is 4.88 Å². The number of hydrogen-bond donors (Lipinski definition) is 1. The van der Waals surface area contributed by atoms with E-state index >= 15 is 0 Å². The highest BCUT2D eigenvalue weighted by atomic mass is 32.1. The molecule has 1 amide bonds. The number of esters is 1. The summed E-state index contributed by atoms with van der Waals surface area (Å²) >= 11 is 1.31. The molecule has 0 bridgehead atoms. The Kier molecular flexibility index (Phi) is 6.86. The quantitative estimate of drug-likeness (QED) is 0.548. The molecule has 3 aromatic rings. The number of thiophene rings is 1. The fourth-order valence-electron chi connectivity index (χ4n) is 2.60. The van der Waals surface area contributed by atoms with Gasteiger partial charge in [0.25, 0.3) is 5.91 Å². The highest BCUT2D eigenvalue weighted by Gasteiger charge is 2.19. The summed E-state index contributed by atoms with van der Waals surface area (Å²) in [5.41, 5.74) is 1.26. The molecule has 0 radical (unpaired) electrons. The van der Waals surface area contributed by atoms with Crippen LogP contribution >= 0.6 is 11.3 Å². The summed E-state index contributed by atoms with van der Waals surface area (Å²) in [4.78, 5) is 25.3. The largest absolute Gasteiger partial charge is 0.494 e. The zero-order valence-electron chi connectivity index (χ0n) is 16.1. The molecule has 7 heteroatoms. The first kappa shape index (κ1) is 20.4. The topological polar surface area (TPSA) is 73.9 Å². The summed E-state index contributed by atoms with van der Waals surface area (Å²) in [6, 6.07) is 18.4. The molecule has 1 N–H and O–H groups in total. The van der Waals surface area contributed by atoms with E-state index in [-0.39, 0.29) is 12.5 Å². The van der Waals surface area contributed by atoms with Crippen molar-refractivity contribution in [1.82, 2.24) is 0 Å². The molecule has 2 aromatic carbocycles. The summed E-state index contributed by atoms with van der Waals surface area (Å²) in [6.45, 7) is 2.30. The monoisotopic (exact) mass is 411 g/mol. The van der Waals surface area contributed by atoms with Crippen molar-refractivity contribution in [3.05, 3.63) is 66.2 Å². The van der Waals surface area contributed by atoms with Crippen LogP contribution < -0.4 is 14.8 Å². The predicted octanol–water partition coefficient (Wildman–Crippen LogP) is 4.62. The van der Waals surface area contributed by atoms with Crippen LogP contribution in [-0.2, 0) is 9.53 Å². The molecule has 0 atom stereocenters. The first-order valence-electron chi connectivity index (χ1n) is 9.03. The molecular formula is C22H21NO5S. The second kappa shape index (κ2) is 9.75. The van der Waals surface area contributed by atoms with E-state index in [9.17, 15) is 9.59 Å². The van der Waals surface area contributed by atoms with Gasteiger partial charge in [-0.2, -0.15) is 0 Å². The van der Waals surface area contributed by atoms with Gasteiger partial charge in [0.2, 0.25) is 0 Å². The molecule has 29 heavy (non-hydrogen) atoms. The van der Waals surface area contributed by atoms with Gasteiger partial charge >= 0.3 is 5.97 Å². The molecule has 0 unspecified atom stereocenters. The second-order valence-electron chi connectivity index (χ2n) is 5.95. The van der Waals surface area contributed by atoms with Gasteiger partial charge in [-0.1, -0.05) is 30.3 Å². The van der Waals surface area contributed by atoms with Gasteiger partial charge in [-0.15, -0.1) is 11.3 Å². The van der Waals surface area contributed by atoms with Gasteiger partial charge in [0.15, 0.2) is 6.61 Å². The molecule has 0 spiro atoms. The molecule has 6 nitrogen and oxygen atoms in total. The van der Waals surface area contributed by atoms with E-state index < -0.39 is 5.97 Å². The first-order valence-corrected chi connectivity index (χ1v) is 9.85. The normalized spacial score (nSPS) is 10.3. The summed E-state index contributed by atoms with van der Waals surface area (Å²) in [5, 5.41) is 3.17. The zero-order chi connectivity index (χ0) is 20.6. The van der Waals surface area contributed by atoms with Gasteiger partial charge in [-0.25, -0.2) is 4.79 Å². The van der Waals surface area contributed by atoms with Crippen LogP contribution in [-0.4, -0.2) is 32.2 Å². The third kappa shape index (κ3) is 5.36. The minimum atomic E-state index is -0.508. The van der Waals surface area contributed by atoms with E-state index in [4.69, 9.17) is 14.2 Å². The van der Waals surface area contributed by atoms with Crippen LogP contribution in [0.25, 0.3) is 10.4 Å². The number of anilines is 1. The standard InChI is InChI=1S/C22H21NO5S/c1-3-27-16-9-11-17(12-10-16)28-14-20(24)23-21-18(22(25)26-2)13-19(29-21)15-7-5-4-6-8-15/h4-13H,3,14H2,1-2H3,(H,23,24). The smallest absolute Gasteiger partial charge is 0.340 e. The van der Waals surface area contributed by atoms with Crippen LogP contribution in [0.1, 0.15) is 17.3 Å². The summed E-state index contributed by atoms with van der Waals surface area (Å²) in [5.74, 6) is 0.406. The Hall–Kier alpha value is -3.32. The van der Waals surface area contributed by atoms with E-state index in [1.165, 1.54) is 18.4 Å². The van der Waals surface area contributed by atoms with Crippen molar-refractivity contribution in [2.45, 2.75) is 6.92 Å². The molecular weight excluding hydrogens is 390 g/mol. The van der Waals surface area contributed by atoms with Gasteiger partial charge in [-0.3, -0.25) is 4.79 Å².